The molecule has 0 aromatic carbocycles. The minimum atomic E-state index is 0.0558. The molecule has 1 aromatic rings. The molecule has 0 aliphatic heterocycles. The van der Waals surface area contributed by atoms with Crippen LogP contribution in [0, 0.1) is 0 Å². The van der Waals surface area contributed by atoms with Gasteiger partial charge in [-0.2, -0.15) is 0 Å². The maximum atomic E-state index is 10.1. The van der Waals surface area contributed by atoms with Gasteiger partial charge in [-0.1, -0.05) is 0 Å². The summed E-state index contributed by atoms with van der Waals surface area (Å²) in [6.07, 6.45) is 2.26. The Labute approximate surface area is 72.2 Å². The van der Waals surface area contributed by atoms with E-state index >= 15 is 0 Å². The molecule has 1 rings (SSSR count). The Balaban J connectivity index is 3.01. The van der Waals surface area contributed by atoms with Crippen molar-refractivity contribution < 1.29 is 9.90 Å². The minimum absolute atomic E-state index is 0.0558. The van der Waals surface area contributed by atoms with Gasteiger partial charge in [0.25, 0.3) is 0 Å². The van der Waals surface area contributed by atoms with Gasteiger partial charge in [-0.15, -0.1) is 0 Å². The number of hydrogen-bond donors (Lipinski definition) is 1. The van der Waals surface area contributed by atoms with Crippen LogP contribution in [-0.4, -0.2) is 16.4 Å². The summed E-state index contributed by atoms with van der Waals surface area (Å²) in [6, 6.07) is 1.61. The van der Waals surface area contributed by atoms with Crippen LogP contribution in [0.3, 0.4) is 0 Å². The average Bonchev–Trinajstić information content (AvgIpc) is 1.98. The summed E-state index contributed by atoms with van der Waals surface area (Å²) in [4.78, 5) is 13.9. The summed E-state index contributed by atoms with van der Waals surface area (Å²) in [7, 11) is 0. The monoisotopic (exact) mass is 215 g/mol. The third-order valence-electron chi connectivity index (χ3n) is 1.24. The normalized spacial score (nSPS) is 9.55. The van der Waals surface area contributed by atoms with E-state index in [2.05, 4.69) is 20.9 Å². The van der Waals surface area contributed by atoms with Crippen molar-refractivity contribution in [2.24, 2.45) is 0 Å². The molecule has 0 atom stereocenters. The fourth-order valence-electron chi connectivity index (χ4n) is 0.714. The molecule has 0 aliphatic carbocycles. The third kappa shape index (κ3) is 2.01. The predicted molar refractivity (Wildman–Crippen MR) is 43.4 cm³/mol. The van der Waals surface area contributed by atoms with Crippen LogP contribution in [0.15, 0.2) is 16.9 Å². The van der Waals surface area contributed by atoms with Gasteiger partial charge < -0.3 is 9.90 Å². The number of carbonyl (C=O) groups excluding carboxylic acids is 1. The van der Waals surface area contributed by atoms with Crippen LogP contribution < -0.4 is 0 Å². The SMILES string of the molecule is O=CCc1cc(Br)ncc1O. The highest BCUT2D eigenvalue weighted by Crippen LogP contribution is 2.18. The molecule has 0 saturated carbocycles. The molecule has 1 heterocycles. The lowest BCUT2D eigenvalue weighted by atomic mass is 10.2. The second-order valence-corrected chi connectivity index (χ2v) is 2.82. The first kappa shape index (κ1) is 8.20. The molecule has 0 radical (unpaired) electrons. The summed E-state index contributed by atoms with van der Waals surface area (Å²) in [5.74, 6) is 0.0558. The second-order valence-electron chi connectivity index (χ2n) is 2.01. The molecular weight excluding hydrogens is 210 g/mol. The fourth-order valence-corrected chi connectivity index (χ4v) is 1.09. The zero-order valence-electron chi connectivity index (χ0n) is 5.62. The van der Waals surface area contributed by atoms with Crippen LogP contribution >= 0.6 is 15.9 Å². The molecular formula is C7H6BrNO2. The maximum absolute atomic E-state index is 10.1. The van der Waals surface area contributed by atoms with Crippen molar-refractivity contribution >= 4 is 22.2 Å². The van der Waals surface area contributed by atoms with E-state index in [1.54, 1.807) is 6.07 Å². The molecule has 1 N–H and O–H groups in total. The van der Waals surface area contributed by atoms with Crippen molar-refractivity contribution in [3.05, 3.63) is 22.4 Å². The van der Waals surface area contributed by atoms with Crippen LogP contribution in [0.4, 0.5) is 0 Å². The van der Waals surface area contributed by atoms with E-state index in [4.69, 9.17) is 5.11 Å². The highest BCUT2D eigenvalue weighted by atomic mass is 79.9. The number of aldehydes is 1. The molecule has 0 amide bonds. The van der Waals surface area contributed by atoms with E-state index in [-0.39, 0.29) is 12.2 Å². The number of nitrogens with zero attached hydrogens (tertiary/aromatic N) is 1. The van der Waals surface area contributed by atoms with E-state index in [1.165, 1.54) is 6.20 Å². The van der Waals surface area contributed by atoms with Crippen LogP contribution in [0.2, 0.25) is 0 Å². The van der Waals surface area contributed by atoms with Crippen molar-refractivity contribution in [1.29, 1.82) is 0 Å². The van der Waals surface area contributed by atoms with Crippen LogP contribution in [-0.2, 0) is 11.2 Å². The van der Waals surface area contributed by atoms with Gasteiger partial charge in [0.1, 0.15) is 16.6 Å². The van der Waals surface area contributed by atoms with Crippen molar-refractivity contribution in [1.82, 2.24) is 4.98 Å². The molecule has 0 saturated heterocycles. The van der Waals surface area contributed by atoms with Crippen LogP contribution in [0.5, 0.6) is 5.75 Å². The molecule has 0 bridgehead atoms. The first-order valence-corrected chi connectivity index (χ1v) is 3.80. The van der Waals surface area contributed by atoms with Gasteiger partial charge in [0.05, 0.1) is 6.20 Å². The highest BCUT2D eigenvalue weighted by molar-refractivity contribution is 9.10. The summed E-state index contributed by atoms with van der Waals surface area (Å²) >= 11 is 3.13. The van der Waals surface area contributed by atoms with Crippen molar-refractivity contribution in [2.75, 3.05) is 0 Å². The second kappa shape index (κ2) is 3.48. The molecule has 0 aliphatic rings. The van der Waals surface area contributed by atoms with Gasteiger partial charge in [0.2, 0.25) is 0 Å². The summed E-state index contributed by atoms with van der Waals surface area (Å²) in [6.45, 7) is 0. The zero-order chi connectivity index (χ0) is 8.27. The molecule has 4 heteroatoms. The average molecular weight is 216 g/mol. The fraction of sp³-hybridized carbons (Fsp3) is 0.143. The van der Waals surface area contributed by atoms with Crippen molar-refractivity contribution in [3.8, 4) is 5.75 Å². The number of carbonyl (C=O) groups is 1. The molecule has 3 nitrogen and oxygen atoms in total. The van der Waals surface area contributed by atoms with Crippen LogP contribution in [0.1, 0.15) is 5.56 Å². The van der Waals surface area contributed by atoms with Crippen molar-refractivity contribution in [3.63, 3.8) is 0 Å². The summed E-state index contributed by atoms with van der Waals surface area (Å²) in [5.41, 5.74) is 0.585. The lowest BCUT2D eigenvalue weighted by molar-refractivity contribution is -0.107. The van der Waals surface area contributed by atoms with E-state index in [0.29, 0.717) is 10.2 Å². The number of hydrogen-bond acceptors (Lipinski definition) is 3. The van der Waals surface area contributed by atoms with Gasteiger partial charge >= 0.3 is 0 Å². The highest BCUT2D eigenvalue weighted by Gasteiger charge is 2.00. The first-order chi connectivity index (χ1) is 5.24. The Morgan fingerprint density at radius 3 is 3.09 bits per heavy atom. The van der Waals surface area contributed by atoms with Gasteiger partial charge in [-0.25, -0.2) is 4.98 Å². The Morgan fingerprint density at radius 2 is 2.45 bits per heavy atom. The Bertz CT molecular complexity index is 275. The number of pyridine rings is 1. The quantitative estimate of drug-likeness (QED) is 0.598. The van der Waals surface area contributed by atoms with Gasteiger partial charge in [0.15, 0.2) is 0 Å². The first-order valence-electron chi connectivity index (χ1n) is 3.01. The molecule has 0 unspecified atom stereocenters. The number of aromatic hydroxyl groups is 1. The zero-order valence-corrected chi connectivity index (χ0v) is 7.21. The predicted octanol–water partition coefficient (Wildman–Crippen LogP) is 1.29. The van der Waals surface area contributed by atoms with Gasteiger partial charge in [-0.3, -0.25) is 0 Å². The standard InChI is InChI=1S/C7H6BrNO2/c8-7-3-5(1-2-10)6(11)4-9-7/h2-4,11H,1H2. The summed E-state index contributed by atoms with van der Waals surface area (Å²) in [5, 5.41) is 9.12. The van der Waals surface area contributed by atoms with Gasteiger partial charge in [0, 0.05) is 12.0 Å². The molecule has 0 fully saturated rings. The molecule has 11 heavy (non-hydrogen) atoms. The largest absolute Gasteiger partial charge is 0.506 e. The topological polar surface area (TPSA) is 50.2 Å². The number of halogens is 1. The van der Waals surface area contributed by atoms with Gasteiger partial charge in [-0.05, 0) is 22.0 Å². The van der Waals surface area contributed by atoms with E-state index in [0.717, 1.165) is 6.29 Å². The summed E-state index contributed by atoms with van der Waals surface area (Å²) < 4.78 is 0.618. The smallest absolute Gasteiger partial charge is 0.137 e. The van der Waals surface area contributed by atoms with Crippen molar-refractivity contribution in [2.45, 2.75) is 6.42 Å². The lowest BCUT2D eigenvalue weighted by Crippen LogP contribution is -1.88. The Morgan fingerprint density at radius 1 is 1.73 bits per heavy atom. The Kier molecular flexibility index (Phi) is 2.59. The third-order valence-corrected chi connectivity index (χ3v) is 1.67. The maximum Gasteiger partial charge on any atom is 0.137 e. The van der Waals surface area contributed by atoms with Crippen LogP contribution in [0.25, 0.3) is 0 Å². The molecule has 0 spiro atoms. The van der Waals surface area contributed by atoms with E-state index in [1.807, 2.05) is 0 Å². The van der Waals surface area contributed by atoms with E-state index in [9.17, 15) is 4.79 Å². The molecule has 58 valence electrons. The number of aromatic nitrogens is 1. The minimum Gasteiger partial charge on any atom is -0.506 e. The Hall–Kier alpha value is -0.900. The number of rotatable bonds is 2. The lowest BCUT2D eigenvalue weighted by Gasteiger charge is -1.98. The van der Waals surface area contributed by atoms with E-state index < -0.39 is 0 Å². The molecule has 1 aromatic heterocycles.